The van der Waals surface area contributed by atoms with E-state index in [4.69, 9.17) is 28.9 Å². The Balaban J connectivity index is 2.15. The third kappa shape index (κ3) is 3.24. The molecule has 0 saturated carbocycles. The second-order valence-corrected chi connectivity index (χ2v) is 5.27. The zero-order chi connectivity index (χ0) is 14.7. The topological polar surface area (TPSA) is 55.1 Å². The third-order valence-corrected chi connectivity index (χ3v) is 3.67. The molecule has 0 aliphatic rings. The smallest absolute Gasteiger partial charge is 0.251 e. The van der Waals surface area contributed by atoms with Crippen molar-refractivity contribution < 1.29 is 4.79 Å². The van der Waals surface area contributed by atoms with E-state index >= 15 is 0 Å². The van der Waals surface area contributed by atoms with Crippen LogP contribution >= 0.6 is 23.2 Å². The van der Waals surface area contributed by atoms with E-state index in [0.717, 1.165) is 5.56 Å². The van der Waals surface area contributed by atoms with Crippen molar-refractivity contribution in [2.24, 2.45) is 0 Å². The van der Waals surface area contributed by atoms with Gasteiger partial charge in [-0.2, -0.15) is 0 Å². The molecule has 2 aromatic rings. The van der Waals surface area contributed by atoms with Crippen LogP contribution in [-0.4, -0.2) is 5.91 Å². The van der Waals surface area contributed by atoms with Crippen molar-refractivity contribution in [1.29, 1.82) is 0 Å². The lowest BCUT2D eigenvalue weighted by Crippen LogP contribution is -2.26. The quantitative estimate of drug-likeness (QED) is 0.840. The maximum absolute atomic E-state index is 12.2. The first kappa shape index (κ1) is 14.7. The molecule has 1 amide bonds. The first-order valence-electron chi connectivity index (χ1n) is 6.09. The highest BCUT2D eigenvalue weighted by atomic mass is 35.5. The molecule has 1 unspecified atom stereocenters. The molecule has 3 N–H and O–H groups in total. The van der Waals surface area contributed by atoms with Gasteiger partial charge in [-0.05, 0) is 36.8 Å². The van der Waals surface area contributed by atoms with Crippen molar-refractivity contribution >= 4 is 34.8 Å². The monoisotopic (exact) mass is 308 g/mol. The van der Waals surface area contributed by atoms with E-state index in [0.29, 0.717) is 21.3 Å². The van der Waals surface area contributed by atoms with Crippen molar-refractivity contribution in [3.05, 3.63) is 63.6 Å². The summed E-state index contributed by atoms with van der Waals surface area (Å²) in [5.41, 5.74) is 7.40. The first-order valence-corrected chi connectivity index (χ1v) is 6.85. The van der Waals surface area contributed by atoms with Gasteiger partial charge in [0, 0.05) is 10.6 Å². The third-order valence-electron chi connectivity index (χ3n) is 2.98. The van der Waals surface area contributed by atoms with Crippen LogP contribution in [0.1, 0.15) is 28.9 Å². The molecule has 0 aliphatic heterocycles. The summed E-state index contributed by atoms with van der Waals surface area (Å²) in [5.74, 6) is -0.221. The molecular weight excluding hydrogens is 295 g/mol. The molecule has 20 heavy (non-hydrogen) atoms. The second-order valence-electron chi connectivity index (χ2n) is 4.45. The average molecular weight is 309 g/mol. The number of nitrogens with two attached hydrogens (primary N) is 1. The number of hydrogen-bond donors (Lipinski definition) is 2. The molecule has 1 atom stereocenters. The van der Waals surface area contributed by atoms with Gasteiger partial charge in [0.15, 0.2) is 0 Å². The highest BCUT2D eigenvalue weighted by Crippen LogP contribution is 2.23. The zero-order valence-corrected chi connectivity index (χ0v) is 12.4. The van der Waals surface area contributed by atoms with E-state index < -0.39 is 0 Å². The van der Waals surface area contributed by atoms with Crippen LogP contribution in [-0.2, 0) is 0 Å². The van der Waals surface area contributed by atoms with Crippen molar-refractivity contribution in [2.45, 2.75) is 13.0 Å². The summed E-state index contributed by atoms with van der Waals surface area (Å²) in [4.78, 5) is 12.2. The van der Waals surface area contributed by atoms with Crippen molar-refractivity contribution in [2.75, 3.05) is 5.73 Å². The molecule has 2 aromatic carbocycles. The normalized spacial score (nSPS) is 11.9. The summed E-state index contributed by atoms with van der Waals surface area (Å²) in [5, 5.41) is 3.93. The van der Waals surface area contributed by atoms with E-state index in [2.05, 4.69) is 5.32 Å². The lowest BCUT2D eigenvalue weighted by Gasteiger charge is -2.16. The zero-order valence-electron chi connectivity index (χ0n) is 10.9. The molecule has 2 rings (SSSR count). The minimum absolute atomic E-state index is 0.201. The van der Waals surface area contributed by atoms with Crippen LogP contribution in [0.25, 0.3) is 0 Å². The van der Waals surface area contributed by atoms with E-state index in [-0.39, 0.29) is 11.9 Å². The highest BCUT2D eigenvalue weighted by molar-refractivity contribution is 6.33. The fourth-order valence-corrected chi connectivity index (χ4v) is 2.29. The SMILES string of the molecule is CC(NC(=O)c1ccc(Cl)c(N)c1)c1ccccc1Cl. The van der Waals surface area contributed by atoms with E-state index in [9.17, 15) is 4.79 Å². The molecule has 0 aliphatic carbocycles. The fourth-order valence-electron chi connectivity index (χ4n) is 1.87. The molecule has 0 aromatic heterocycles. The predicted molar refractivity (Wildman–Crippen MR) is 83.2 cm³/mol. The number of benzene rings is 2. The summed E-state index contributed by atoms with van der Waals surface area (Å²) in [6.07, 6.45) is 0. The van der Waals surface area contributed by atoms with Crippen molar-refractivity contribution in [3.8, 4) is 0 Å². The Morgan fingerprint density at radius 2 is 1.85 bits per heavy atom. The Kier molecular flexibility index (Phi) is 4.53. The molecule has 5 heteroatoms. The Hall–Kier alpha value is -1.71. The van der Waals surface area contributed by atoms with Crippen LogP contribution in [0.5, 0.6) is 0 Å². The minimum atomic E-state index is -0.221. The van der Waals surface area contributed by atoms with Crippen LogP contribution in [0.15, 0.2) is 42.5 Å². The van der Waals surface area contributed by atoms with Crippen LogP contribution in [0.4, 0.5) is 5.69 Å². The molecule has 0 heterocycles. The number of carbonyl (C=O) groups excluding carboxylic acids is 1. The summed E-state index contributed by atoms with van der Waals surface area (Å²) in [7, 11) is 0. The number of amides is 1. The molecule has 0 fully saturated rings. The van der Waals surface area contributed by atoms with Crippen molar-refractivity contribution in [3.63, 3.8) is 0 Å². The Morgan fingerprint density at radius 1 is 1.15 bits per heavy atom. The number of hydrogen-bond acceptors (Lipinski definition) is 2. The summed E-state index contributed by atoms with van der Waals surface area (Å²) in [6, 6.07) is 12.0. The molecule has 0 spiro atoms. The molecular formula is C15H14Cl2N2O. The van der Waals surface area contributed by atoms with E-state index in [1.807, 2.05) is 25.1 Å². The van der Waals surface area contributed by atoms with Crippen molar-refractivity contribution in [1.82, 2.24) is 5.32 Å². The van der Waals surface area contributed by atoms with Gasteiger partial charge in [0.2, 0.25) is 0 Å². The average Bonchev–Trinajstić information content (AvgIpc) is 2.42. The molecule has 0 saturated heterocycles. The highest BCUT2D eigenvalue weighted by Gasteiger charge is 2.14. The minimum Gasteiger partial charge on any atom is -0.398 e. The van der Waals surface area contributed by atoms with Gasteiger partial charge >= 0.3 is 0 Å². The Labute approximate surface area is 127 Å². The van der Waals surface area contributed by atoms with Crippen LogP contribution in [0, 0.1) is 0 Å². The molecule has 3 nitrogen and oxygen atoms in total. The largest absolute Gasteiger partial charge is 0.398 e. The van der Waals surface area contributed by atoms with Gasteiger partial charge in [0.05, 0.1) is 16.8 Å². The summed E-state index contributed by atoms with van der Waals surface area (Å²) >= 11 is 11.9. The van der Waals surface area contributed by atoms with Gasteiger partial charge in [-0.15, -0.1) is 0 Å². The number of carbonyl (C=O) groups is 1. The lowest BCUT2D eigenvalue weighted by atomic mass is 10.1. The van der Waals surface area contributed by atoms with Gasteiger partial charge in [-0.1, -0.05) is 41.4 Å². The van der Waals surface area contributed by atoms with Gasteiger partial charge in [0.1, 0.15) is 0 Å². The molecule has 0 bridgehead atoms. The van der Waals surface area contributed by atoms with Crippen LogP contribution in [0.3, 0.4) is 0 Å². The maximum Gasteiger partial charge on any atom is 0.251 e. The van der Waals surface area contributed by atoms with E-state index in [1.165, 1.54) is 0 Å². The summed E-state index contributed by atoms with van der Waals surface area (Å²) in [6.45, 7) is 1.87. The number of nitrogen functional groups attached to an aromatic ring is 1. The Bertz CT molecular complexity index is 644. The summed E-state index contributed by atoms with van der Waals surface area (Å²) < 4.78 is 0. The maximum atomic E-state index is 12.2. The van der Waals surface area contributed by atoms with Gasteiger partial charge in [-0.3, -0.25) is 4.79 Å². The molecule has 0 radical (unpaired) electrons. The number of nitrogens with one attached hydrogen (secondary N) is 1. The molecule has 104 valence electrons. The number of halogens is 2. The fraction of sp³-hybridized carbons (Fsp3) is 0.133. The van der Waals surface area contributed by atoms with Gasteiger partial charge in [-0.25, -0.2) is 0 Å². The van der Waals surface area contributed by atoms with Gasteiger partial charge in [0.25, 0.3) is 5.91 Å². The first-order chi connectivity index (χ1) is 9.49. The number of rotatable bonds is 3. The van der Waals surface area contributed by atoms with Crippen LogP contribution in [0.2, 0.25) is 10.0 Å². The second kappa shape index (κ2) is 6.16. The lowest BCUT2D eigenvalue weighted by molar-refractivity contribution is 0.0940. The Morgan fingerprint density at radius 3 is 2.50 bits per heavy atom. The van der Waals surface area contributed by atoms with E-state index in [1.54, 1.807) is 24.3 Å². The number of anilines is 1. The predicted octanol–water partition coefficient (Wildman–Crippen LogP) is 4.07. The van der Waals surface area contributed by atoms with Crippen LogP contribution < -0.4 is 11.1 Å². The van der Waals surface area contributed by atoms with Gasteiger partial charge < -0.3 is 11.1 Å². The standard InChI is InChI=1S/C15H14Cl2N2O/c1-9(11-4-2-3-5-12(11)16)19-15(20)10-6-7-13(17)14(18)8-10/h2-9H,18H2,1H3,(H,19,20).